The molecule has 90 valence electrons. The van der Waals surface area contributed by atoms with Crippen molar-refractivity contribution in [3.05, 3.63) is 12.2 Å². The maximum absolute atomic E-state index is 11.1. The maximum atomic E-state index is 11.1. The number of hydrogen-bond donors (Lipinski definition) is 0. The van der Waals surface area contributed by atoms with Gasteiger partial charge in [-0.1, -0.05) is 38.3 Å². The number of allylic oxidation sites excluding steroid dienone is 2. The van der Waals surface area contributed by atoms with Gasteiger partial charge in [0.2, 0.25) is 0 Å². The third-order valence-electron chi connectivity index (χ3n) is 2.77. The molecule has 1 aliphatic heterocycles. The van der Waals surface area contributed by atoms with Crippen molar-refractivity contribution in [2.75, 3.05) is 0 Å². The average molecular weight is 224 g/mol. The van der Waals surface area contributed by atoms with Gasteiger partial charge in [-0.3, -0.25) is 9.59 Å². The number of ether oxygens (including phenoxy) is 1. The van der Waals surface area contributed by atoms with Gasteiger partial charge in [0.15, 0.2) is 0 Å². The van der Waals surface area contributed by atoms with Crippen LogP contribution in [0.25, 0.3) is 0 Å². The first-order valence-corrected chi connectivity index (χ1v) is 6.13. The maximum Gasteiger partial charge on any atom is 0.317 e. The van der Waals surface area contributed by atoms with Crippen molar-refractivity contribution in [3.8, 4) is 0 Å². The Morgan fingerprint density at radius 1 is 1.25 bits per heavy atom. The Morgan fingerprint density at radius 3 is 2.69 bits per heavy atom. The van der Waals surface area contributed by atoms with Crippen LogP contribution in [0.15, 0.2) is 12.2 Å². The molecule has 0 bridgehead atoms. The highest BCUT2D eigenvalue weighted by Crippen LogP contribution is 2.19. The molecule has 1 heterocycles. The smallest absolute Gasteiger partial charge is 0.317 e. The zero-order valence-electron chi connectivity index (χ0n) is 9.91. The Morgan fingerprint density at radius 2 is 2.06 bits per heavy atom. The van der Waals surface area contributed by atoms with Gasteiger partial charge in [0, 0.05) is 0 Å². The molecule has 0 unspecified atom stereocenters. The second-order valence-corrected chi connectivity index (χ2v) is 4.25. The van der Waals surface area contributed by atoms with E-state index in [1.54, 1.807) is 0 Å². The summed E-state index contributed by atoms with van der Waals surface area (Å²) < 4.78 is 4.47. The van der Waals surface area contributed by atoms with Gasteiger partial charge < -0.3 is 4.74 Å². The van der Waals surface area contributed by atoms with Crippen molar-refractivity contribution in [2.45, 2.75) is 51.9 Å². The monoisotopic (exact) mass is 224 g/mol. The van der Waals surface area contributed by atoms with E-state index in [0.717, 1.165) is 6.42 Å². The van der Waals surface area contributed by atoms with Crippen LogP contribution in [-0.2, 0) is 14.3 Å². The van der Waals surface area contributed by atoms with Crippen molar-refractivity contribution in [3.63, 3.8) is 0 Å². The molecule has 1 saturated heterocycles. The van der Waals surface area contributed by atoms with Crippen LogP contribution in [0.2, 0.25) is 0 Å². The Bertz CT molecular complexity index is 268. The summed E-state index contributed by atoms with van der Waals surface area (Å²) in [5, 5.41) is 0. The molecule has 0 aromatic heterocycles. The van der Waals surface area contributed by atoms with Crippen molar-refractivity contribution in [1.29, 1.82) is 0 Å². The molecule has 3 nitrogen and oxygen atoms in total. The average Bonchev–Trinajstić information content (AvgIpc) is 2.56. The van der Waals surface area contributed by atoms with E-state index in [2.05, 4.69) is 17.7 Å². The minimum Gasteiger partial charge on any atom is -0.393 e. The molecular formula is C13H20O3. The van der Waals surface area contributed by atoms with Crippen LogP contribution in [0, 0.1) is 5.92 Å². The number of carbonyl (C=O) groups excluding carboxylic acids is 2. The number of unbranched alkanes of at least 4 members (excludes halogenated alkanes) is 4. The fourth-order valence-corrected chi connectivity index (χ4v) is 1.77. The summed E-state index contributed by atoms with van der Waals surface area (Å²) >= 11 is 0. The molecule has 1 aliphatic rings. The van der Waals surface area contributed by atoms with Gasteiger partial charge in [0.05, 0.1) is 12.3 Å². The van der Waals surface area contributed by atoms with Crippen LogP contribution in [0.1, 0.15) is 51.9 Å². The van der Waals surface area contributed by atoms with Crippen LogP contribution >= 0.6 is 0 Å². The predicted octanol–water partition coefficient (Wildman–Crippen LogP) is 2.99. The van der Waals surface area contributed by atoms with Gasteiger partial charge in [-0.2, -0.15) is 0 Å². The standard InChI is InChI=1S/C13H20O3/c1-2-3-4-5-6-7-8-9-11-10-12(14)16-13(11)15/h7-8,11H,2-6,9-10H2,1H3/b8-7-/t11-/m1/s1. The van der Waals surface area contributed by atoms with Crippen LogP contribution in [0.4, 0.5) is 0 Å². The van der Waals surface area contributed by atoms with Crippen LogP contribution in [0.3, 0.4) is 0 Å². The number of rotatable bonds is 7. The van der Waals surface area contributed by atoms with E-state index >= 15 is 0 Å². The molecule has 16 heavy (non-hydrogen) atoms. The topological polar surface area (TPSA) is 43.4 Å². The first kappa shape index (κ1) is 12.9. The molecule has 1 atom stereocenters. The first-order valence-electron chi connectivity index (χ1n) is 6.13. The normalized spacial score (nSPS) is 20.7. The molecule has 3 heteroatoms. The zero-order valence-corrected chi connectivity index (χ0v) is 9.91. The first-order chi connectivity index (χ1) is 7.74. The predicted molar refractivity (Wildman–Crippen MR) is 61.7 cm³/mol. The Kier molecular flexibility index (Phi) is 5.83. The molecule has 1 fully saturated rings. The summed E-state index contributed by atoms with van der Waals surface area (Å²) in [4.78, 5) is 21.9. The molecule has 0 amide bonds. The Hall–Kier alpha value is -1.12. The molecule has 0 aliphatic carbocycles. The van der Waals surface area contributed by atoms with Crippen molar-refractivity contribution in [1.82, 2.24) is 0 Å². The molecule has 1 rings (SSSR count). The summed E-state index contributed by atoms with van der Waals surface area (Å²) in [5.74, 6) is -0.980. The van der Waals surface area contributed by atoms with E-state index < -0.39 is 0 Å². The van der Waals surface area contributed by atoms with E-state index in [0.29, 0.717) is 6.42 Å². The summed E-state index contributed by atoms with van der Waals surface area (Å²) in [6.07, 6.45) is 11.1. The fourth-order valence-electron chi connectivity index (χ4n) is 1.77. The third-order valence-corrected chi connectivity index (χ3v) is 2.77. The summed E-state index contributed by atoms with van der Waals surface area (Å²) in [6, 6.07) is 0. The van der Waals surface area contributed by atoms with E-state index in [1.165, 1.54) is 25.7 Å². The molecule has 0 aromatic carbocycles. The highest BCUT2D eigenvalue weighted by atomic mass is 16.6. The van der Waals surface area contributed by atoms with Crippen molar-refractivity contribution in [2.24, 2.45) is 5.92 Å². The number of hydrogen-bond acceptors (Lipinski definition) is 3. The van der Waals surface area contributed by atoms with Gasteiger partial charge >= 0.3 is 11.9 Å². The van der Waals surface area contributed by atoms with Gasteiger partial charge in [-0.05, 0) is 19.3 Å². The van der Waals surface area contributed by atoms with Crippen molar-refractivity contribution >= 4 is 11.9 Å². The lowest BCUT2D eigenvalue weighted by Gasteiger charge is -1.98. The molecule has 0 aromatic rings. The lowest BCUT2D eigenvalue weighted by molar-refractivity contribution is -0.153. The van der Waals surface area contributed by atoms with E-state index in [9.17, 15) is 9.59 Å². The van der Waals surface area contributed by atoms with Gasteiger partial charge in [0.1, 0.15) is 0 Å². The minimum absolute atomic E-state index is 0.237. The van der Waals surface area contributed by atoms with Gasteiger partial charge in [-0.15, -0.1) is 0 Å². The molecule has 0 spiro atoms. The van der Waals surface area contributed by atoms with Crippen LogP contribution < -0.4 is 0 Å². The zero-order chi connectivity index (χ0) is 11.8. The highest BCUT2D eigenvalue weighted by Gasteiger charge is 2.31. The van der Waals surface area contributed by atoms with E-state index in [-0.39, 0.29) is 24.3 Å². The highest BCUT2D eigenvalue weighted by molar-refractivity contribution is 5.94. The summed E-state index contributed by atoms with van der Waals surface area (Å²) in [6.45, 7) is 2.19. The number of cyclic esters (lactones) is 2. The van der Waals surface area contributed by atoms with Gasteiger partial charge in [0.25, 0.3) is 0 Å². The van der Waals surface area contributed by atoms with E-state index in [1.807, 2.05) is 6.08 Å². The third kappa shape index (κ3) is 4.60. The van der Waals surface area contributed by atoms with Crippen LogP contribution in [-0.4, -0.2) is 11.9 Å². The van der Waals surface area contributed by atoms with Gasteiger partial charge in [-0.25, -0.2) is 0 Å². The SMILES string of the molecule is CCCCCC/C=C\C[C@@H]1CC(=O)OC1=O. The lowest BCUT2D eigenvalue weighted by Crippen LogP contribution is -2.05. The lowest BCUT2D eigenvalue weighted by atomic mass is 10.0. The Labute approximate surface area is 96.9 Å². The number of esters is 2. The summed E-state index contributed by atoms with van der Waals surface area (Å²) in [7, 11) is 0. The minimum atomic E-state index is -0.383. The molecular weight excluding hydrogens is 204 g/mol. The quantitative estimate of drug-likeness (QED) is 0.289. The van der Waals surface area contributed by atoms with E-state index in [4.69, 9.17) is 0 Å². The summed E-state index contributed by atoms with van der Waals surface area (Å²) in [5.41, 5.74) is 0. The molecule has 0 radical (unpaired) electrons. The fraction of sp³-hybridized carbons (Fsp3) is 0.692. The second-order valence-electron chi connectivity index (χ2n) is 4.25. The second kappa shape index (κ2) is 7.20. The van der Waals surface area contributed by atoms with Crippen LogP contribution in [0.5, 0.6) is 0 Å². The largest absolute Gasteiger partial charge is 0.393 e. The Balaban J connectivity index is 2.08. The number of carbonyl (C=O) groups is 2. The van der Waals surface area contributed by atoms with Crippen molar-refractivity contribution < 1.29 is 14.3 Å². The molecule has 0 N–H and O–H groups in total. The molecule has 0 saturated carbocycles.